The number of benzene rings is 2. The first-order valence-corrected chi connectivity index (χ1v) is 12.3. The Kier molecular flexibility index (Phi) is 6.20. The lowest BCUT2D eigenvalue weighted by Gasteiger charge is -2.26. The minimum absolute atomic E-state index is 0.118. The van der Waals surface area contributed by atoms with Crippen LogP contribution in [0.1, 0.15) is 41.6 Å². The van der Waals surface area contributed by atoms with Crippen LogP contribution in [-0.2, 0) is 6.42 Å². The van der Waals surface area contributed by atoms with Gasteiger partial charge in [-0.2, -0.15) is 0 Å². The molecule has 166 valence electrons. The number of anilines is 1. The fourth-order valence-electron chi connectivity index (χ4n) is 4.08. The Morgan fingerprint density at radius 3 is 2.48 bits per heavy atom. The van der Waals surface area contributed by atoms with Crippen molar-refractivity contribution in [2.75, 3.05) is 4.90 Å². The van der Waals surface area contributed by atoms with Crippen molar-refractivity contribution < 1.29 is 4.42 Å². The van der Waals surface area contributed by atoms with E-state index in [0.717, 1.165) is 33.6 Å². The number of rotatable bonds is 6. The average molecular weight is 472 g/mol. The van der Waals surface area contributed by atoms with Crippen LogP contribution in [0.25, 0.3) is 0 Å². The van der Waals surface area contributed by atoms with Crippen LogP contribution in [0.3, 0.4) is 0 Å². The first-order chi connectivity index (χ1) is 16.1. The molecule has 0 unspecified atom stereocenters. The zero-order valence-electron chi connectivity index (χ0n) is 18.6. The normalized spacial score (nSPS) is 17.9. The number of thiocarbonyl (C=S) groups is 1. The lowest BCUT2D eigenvalue weighted by molar-refractivity contribution is 0.383. The Labute approximate surface area is 204 Å². The Morgan fingerprint density at radius 2 is 1.79 bits per heavy atom. The molecule has 2 atom stereocenters. The number of hydrogen-bond acceptors (Lipinski definition) is 4. The maximum absolute atomic E-state index is 6.39. The molecule has 5 rings (SSSR count). The summed E-state index contributed by atoms with van der Waals surface area (Å²) in [6.07, 6.45) is 2.82. The van der Waals surface area contributed by atoms with E-state index in [1.807, 2.05) is 30.5 Å². The van der Waals surface area contributed by atoms with E-state index in [2.05, 4.69) is 83.6 Å². The molecule has 0 bridgehead atoms. The van der Waals surface area contributed by atoms with E-state index in [9.17, 15) is 0 Å². The highest BCUT2D eigenvalue weighted by Crippen LogP contribution is 2.43. The van der Waals surface area contributed by atoms with Gasteiger partial charge in [0.25, 0.3) is 0 Å². The van der Waals surface area contributed by atoms with E-state index in [0.29, 0.717) is 5.11 Å². The van der Waals surface area contributed by atoms with Crippen LogP contribution < -0.4 is 10.2 Å². The molecule has 6 heteroatoms. The Morgan fingerprint density at radius 1 is 1.00 bits per heavy atom. The fourth-order valence-corrected chi connectivity index (χ4v) is 5.21. The molecular formula is C27H25N3OS2. The minimum Gasteiger partial charge on any atom is -0.452 e. The summed E-state index contributed by atoms with van der Waals surface area (Å²) in [6.45, 7) is 4.25. The standard InChI is InChI=1S/C27H25N3OS2/c1-3-19-9-11-20(12-10-19)30-26(25(29-27(30)32)22-6-4-5-17-28-22)23-15-16-24(31-23)33-21-13-7-18(2)8-14-21/h4-17,25-26H,3H2,1-2H3,(H,29,32)/t25-,26+/m1/s1. The number of nitrogens with one attached hydrogen (secondary N) is 1. The van der Waals surface area contributed by atoms with E-state index in [1.165, 1.54) is 11.1 Å². The molecule has 4 nitrogen and oxygen atoms in total. The summed E-state index contributed by atoms with van der Waals surface area (Å²) in [4.78, 5) is 7.91. The van der Waals surface area contributed by atoms with Crippen molar-refractivity contribution in [2.24, 2.45) is 0 Å². The monoisotopic (exact) mass is 471 g/mol. The molecule has 1 aliphatic rings. The van der Waals surface area contributed by atoms with Gasteiger partial charge in [-0.15, -0.1) is 0 Å². The molecule has 0 radical (unpaired) electrons. The van der Waals surface area contributed by atoms with Crippen LogP contribution >= 0.6 is 24.0 Å². The molecule has 0 saturated carbocycles. The predicted molar refractivity (Wildman–Crippen MR) is 138 cm³/mol. The molecule has 2 aromatic heterocycles. The molecule has 3 heterocycles. The smallest absolute Gasteiger partial charge is 0.174 e. The van der Waals surface area contributed by atoms with Crippen molar-refractivity contribution in [3.05, 3.63) is 108 Å². The third-order valence-corrected chi connectivity index (χ3v) is 7.10. The van der Waals surface area contributed by atoms with Gasteiger partial charge in [0, 0.05) is 16.8 Å². The van der Waals surface area contributed by atoms with Crippen molar-refractivity contribution in [3.63, 3.8) is 0 Å². The summed E-state index contributed by atoms with van der Waals surface area (Å²) in [5.41, 5.74) is 4.51. The van der Waals surface area contributed by atoms with Gasteiger partial charge in [-0.05, 0) is 79.7 Å². The van der Waals surface area contributed by atoms with Crippen LogP contribution in [0, 0.1) is 6.92 Å². The van der Waals surface area contributed by atoms with Gasteiger partial charge in [0.2, 0.25) is 0 Å². The molecule has 4 aromatic rings. The lowest BCUT2D eigenvalue weighted by atomic mass is 10.0. The molecule has 33 heavy (non-hydrogen) atoms. The van der Waals surface area contributed by atoms with Crippen molar-refractivity contribution >= 4 is 34.8 Å². The second-order valence-corrected chi connectivity index (χ2v) is 9.55. The highest BCUT2D eigenvalue weighted by molar-refractivity contribution is 7.99. The van der Waals surface area contributed by atoms with Crippen molar-refractivity contribution in [2.45, 2.75) is 42.3 Å². The number of furan rings is 1. The maximum atomic E-state index is 6.39. The quantitative estimate of drug-likeness (QED) is 0.309. The van der Waals surface area contributed by atoms with Gasteiger partial charge in [0.05, 0.1) is 11.7 Å². The highest BCUT2D eigenvalue weighted by Gasteiger charge is 2.42. The number of aromatic nitrogens is 1. The zero-order valence-corrected chi connectivity index (χ0v) is 20.2. The van der Waals surface area contributed by atoms with E-state index in [4.69, 9.17) is 16.6 Å². The molecule has 0 spiro atoms. The van der Waals surface area contributed by atoms with Gasteiger partial charge in [0.1, 0.15) is 11.8 Å². The molecule has 1 aliphatic heterocycles. The SMILES string of the molecule is CCc1ccc(N2C(=S)N[C@H](c3ccccn3)[C@@H]2c2ccc(Sc3ccc(C)cc3)o2)cc1. The molecule has 1 fully saturated rings. The minimum atomic E-state index is -0.146. The average Bonchev–Trinajstić information content (AvgIpc) is 3.45. The largest absolute Gasteiger partial charge is 0.452 e. The lowest BCUT2D eigenvalue weighted by Crippen LogP contribution is -2.29. The van der Waals surface area contributed by atoms with Gasteiger partial charge < -0.3 is 14.6 Å². The van der Waals surface area contributed by atoms with Crippen molar-refractivity contribution in [1.82, 2.24) is 10.3 Å². The summed E-state index contributed by atoms with van der Waals surface area (Å²) in [5.74, 6) is 0.854. The van der Waals surface area contributed by atoms with Crippen LogP contribution in [0.15, 0.2) is 99.5 Å². The summed E-state index contributed by atoms with van der Waals surface area (Å²) >= 11 is 7.42. The molecule has 1 saturated heterocycles. The molecule has 0 amide bonds. The summed E-state index contributed by atoms with van der Waals surface area (Å²) in [7, 11) is 0. The van der Waals surface area contributed by atoms with Crippen LogP contribution in [0.2, 0.25) is 0 Å². The van der Waals surface area contributed by atoms with Crippen LogP contribution in [0.4, 0.5) is 5.69 Å². The molecular weight excluding hydrogens is 446 g/mol. The molecule has 1 N–H and O–H groups in total. The number of nitrogens with zero attached hydrogens (tertiary/aromatic N) is 2. The summed E-state index contributed by atoms with van der Waals surface area (Å²) < 4.78 is 6.39. The summed E-state index contributed by atoms with van der Waals surface area (Å²) in [6, 6.07) is 26.8. The third-order valence-electron chi connectivity index (χ3n) is 5.85. The molecule has 0 aliphatic carbocycles. The highest BCUT2D eigenvalue weighted by atomic mass is 32.2. The Balaban J connectivity index is 1.51. The topological polar surface area (TPSA) is 41.3 Å². The van der Waals surface area contributed by atoms with Crippen LogP contribution in [-0.4, -0.2) is 10.1 Å². The predicted octanol–water partition coefficient (Wildman–Crippen LogP) is 6.87. The van der Waals surface area contributed by atoms with Gasteiger partial charge in [-0.1, -0.05) is 54.6 Å². The van der Waals surface area contributed by atoms with Gasteiger partial charge in [-0.3, -0.25) is 4.98 Å². The van der Waals surface area contributed by atoms with E-state index < -0.39 is 0 Å². The van der Waals surface area contributed by atoms with Crippen molar-refractivity contribution in [3.8, 4) is 0 Å². The first-order valence-electron chi connectivity index (χ1n) is 11.1. The van der Waals surface area contributed by atoms with E-state index in [-0.39, 0.29) is 12.1 Å². The Bertz CT molecular complexity index is 1240. The zero-order chi connectivity index (χ0) is 22.8. The van der Waals surface area contributed by atoms with Crippen molar-refractivity contribution in [1.29, 1.82) is 0 Å². The number of aryl methyl sites for hydroxylation is 2. The Hall–Kier alpha value is -3.09. The van der Waals surface area contributed by atoms with Gasteiger partial charge >= 0.3 is 0 Å². The summed E-state index contributed by atoms with van der Waals surface area (Å²) in [5, 5.41) is 5.01. The van der Waals surface area contributed by atoms with Crippen LogP contribution in [0.5, 0.6) is 0 Å². The second kappa shape index (κ2) is 9.41. The number of pyridine rings is 1. The molecule has 2 aromatic carbocycles. The van der Waals surface area contributed by atoms with E-state index in [1.54, 1.807) is 11.8 Å². The first kappa shape index (κ1) is 21.7. The fraction of sp³-hybridized carbons (Fsp3) is 0.185. The maximum Gasteiger partial charge on any atom is 0.174 e. The third kappa shape index (κ3) is 4.54. The van der Waals surface area contributed by atoms with E-state index >= 15 is 0 Å². The number of hydrogen-bond donors (Lipinski definition) is 1. The van der Waals surface area contributed by atoms with Gasteiger partial charge in [-0.25, -0.2) is 0 Å². The van der Waals surface area contributed by atoms with Gasteiger partial charge in [0.15, 0.2) is 10.2 Å². The second-order valence-electron chi connectivity index (χ2n) is 8.09.